The highest BCUT2D eigenvalue weighted by Crippen LogP contribution is 2.29. The SMILES string of the molecule is C[C@H](OC(=O)[C@@H]1CC(=O)N(C2CCCC2)C1)C(N)=O. The molecule has 1 aliphatic carbocycles. The fourth-order valence-electron chi connectivity index (χ4n) is 2.79. The first-order valence-electron chi connectivity index (χ1n) is 6.78. The molecule has 1 saturated carbocycles. The van der Waals surface area contributed by atoms with E-state index in [-0.39, 0.29) is 18.4 Å². The molecule has 19 heavy (non-hydrogen) atoms. The molecule has 2 atom stereocenters. The maximum Gasteiger partial charge on any atom is 0.312 e. The highest BCUT2D eigenvalue weighted by molar-refractivity contribution is 5.88. The molecule has 2 rings (SSSR count). The molecule has 0 aromatic rings. The van der Waals surface area contributed by atoms with Crippen LogP contribution in [0.3, 0.4) is 0 Å². The molecule has 2 aliphatic rings. The van der Waals surface area contributed by atoms with Gasteiger partial charge in [0, 0.05) is 19.0 Å². The number of esters is 1. The van der Waals surface area contributed by atoms with Crippen molar-refractivity contribution in [2.24, 2.45) is 11.7 Å². The van der Waals surface area contributed by atoms with Gasteiger partial charge in [-0.25, -0.2) is 0 Å². The lowest BCUT2D eigenvalue weighted by Crippen LogP contribution is -2.36. The van der Waals surface area contributed by atoms with Gasteiger partial charge in [-0.2, -0.15) is 0 Å². The minimum Gasteiger partial charge on any atom is -0.452 e. The van der Waals surface area contributed by atoms with Crippen molar-refractivity contribution in [2.75, 3.05) is 6.54 Å². The molecule has 0 radical (unpaired) electrons. The largest absolute Gasteiger partial charge is 0.452 e. The molecule has 0 aromatic carbocycles. The highest BCUT2D eigenvalue weighted by Gasteiger charge is 2.40. The lowest BCUT2D eigenvalue weighted by molar-refractivity contribution is -0.157. The summed E-state index contributed by atoms with van der Waals surface area (Å²) in [6.45, 7) is 1.85. The fourth-order valence-corrected chi connectivity index (χ4v) is 2.79. The number of hydrogen-bond donors (Lipinski definition) is 1. The Labute approximate surface area is 112 Å². The molecule has 0 aromatic heterocycles. The highest BCUT2D eigenvalue weighted by atomic mass is 16.5. The normalized spacial score (nSPS) is 25.6. The molecule has 0 spiro atoms. The second-order valence-electron chi connectivity index (χ2n) is 5.37. The molecule has 1 saturated heterocycles. The van der Waals surface area contributed by atoms with Gasteiger partial charge < -0.3 is 15.4 Å². The predicted octanol–water partition coefficient (Wildman–Crippen LogP) is 0.195. The number of nitrogens with zero attached hydrogens (tertiary/aromatic N) is 1. The molecule has 1 heterocycles. The molecule has 2 amide bonds. The third kappa shape index (κ3) is 3.05. The van der Waals surface area contributed by atoms with Crippen molar-refractivity contribution in [3.05, 3.63) is 0 Å². The van der Waals surface area contributed by atoms with Crippen LogP contribution < -0.4 is 5.73 Å². The minimum absolute atomic E-state index is 0.0144. The molecule has 2 fully saturated rings. The second-order valence-corrected chi connectivity index (χ2v) is 5.37. The summed E-state index contributed by atoms with van der Waals surface area (Å²) in [6.07, 6.45) is 3.56. The standard InChI is InChI=1S/C13H20N2O4/c1-8(12(14)17)19-13(18)9-6-11(16)15(7-9)10-4-2-3-5-10/h8-10H,2-7H2,1H3,(H2,14,17)/t8-,9+/m0/s1. The zero-order chi connectivity index (χ0) is 14.0. The Kier molecular flexibility index (Phi) is 4.07. The first-order valence-corrected chi connectivity index (χ1v) is 6.78. The van der Waals surface area contributed by atoms with E-state index in [2.05, 4.69) is 0 Å². The summed E-state index contributed by atoms with van der Waals surface area (Å²) in [4.78, 5) is 36.4. The van der Waals surface area contributed by atoms with Gasteiger partial charge in [-0.05, 0) is 19.8 Å². The van der Waals surface area contributed by atoms with Crippen molar-refractivity contribution >= 4 is 17.8 Å². The lowest BCUT2D eigenvalue weighted by Gasteiger charge is -2.23. The predicted molar refractivity (Wildman–Crippen MR) is 66.8 cm³/mol. The Balaban J connectivity index is 1.91. The third-order valence-corrected chi connectivity index (χ3v) is 3.95. The van der Waals surface area contributed by atoms with E-state index >= 15 is 0 Å². The van der Waals surface area contributed by atoms with E-state index in [4.69, 9.17) is 10.5 Å². The Morgan fingerprint density at radius 1 is 1.37 bits per heavy atom. The lowest BCUT2D eigenvalue weighted by atomic mass is 10.1. The number of ether oxygens (including phenoxy) is 1. The number of carbonyl (C=O) groups excluding carboxylic acids is 3. The number of nitrogens with two attached hydrogens (primary N) is 1. The number of rotatable bonds is 4. The number of amides is 2. The summed E-state index contributed by atoms with van der Waals surface area (Å²) >= 11 is 0. The van der Waals surface area contributed by atoms with Crippen molar-refractivity contribution < 1.29 is 19.1 Å². The zero-order valence-electron chi connectivity index (χ0n) is 11.1. The molecule has 2 N–H and O–H groups in total. The Bertz CT molecular complexity index is 390. The maximum atomic E-state index is 11.9. The topological polar surface area (TPSA) is 89.7 Å². The van der Waals surface area contributed by atoms with Gasteiger partial charge in [-0.3, -0.25) is 14.4 Å². The minimum atomic E-state index is -0.942. The van der Waals surface area contributed by atoms with Crippen LogP contribution in [-0.2, 0) is 19.1 Å². The van der Waals surface area contributed by atoms with Gasteiger partial charge in [0.25, 0.3) is 5.91 Å². The van der Waals surface area contributed by atoms with E-state index in [1.807, 2.05) is 0 Å². The monoisotopic (exact) mass is 268 g/mol. The van der Waals surface area contributed by atoms with Crippen LogP contribution in [0.1, 0.15) is 39.0 Å². The van der Waals surface area contributed by atoms with Gasteiger partial charge in [-0.15, -0.1) is 0 Å². The quantitative estimate of drug-likeness (QED) is 0.737. The van der Waals surface area contributed by atoms with Gasteiger partial charge in [0.05, 0.1) is 5.92 Å². The van der Waals surface area contributed by atoms with Gasteiger partial charge in [0.15, 0.2) is 6.10 Å². The molecular weight excluding hydrogens is 248 g/mol. The second kappa shape index (κ2) is 5.59. The smallest absolute Gasteiger partial charge is 0.312 e. The summed E-state index contributed by atoms with van der Waals surface area (Å²) in [5.41, 5.74) is 5.04. The molecular formula is C13H20N2O4. The number of likely N-dealkylation sites (tertiary alicyclic amines) is 1. The Morgan fingerprint density at radius 2 is 2.00 bits per heavy atom. The van der Waals surface area contributed by atoms with Crippen LogP contribution in [0.25, 0.3) is 0 Å². The third-order valence-electron chi connectivity index (χ3n) is 3.95. The van der Waals surface area contributed by atoms with Gasteiger partial charge in [-0.1, -0.05) is 12.8 Å². The van der Waals surface area contributed by atoms with Gasteiger partial charge in [0.1, 0.15) is 0 Å². The van der Waals surface area contributed by atoms with Crippen LogP contribution in [-0.4, -0.2) is 41.4 Å². The summed E-state index contributed by atoms with van der Waals surface area (Å²) in [7, 11) is 0. The number of primary amides is 1. The number of carbonyl (C=O) groups is 3. The summed E-state index contributed by atoms with van der Waals surface area (Å²) in [5.74, 6) is -1.62. The summed E-state index contributed by atoms with van der Waals surface area (Å²) in [6, 6.07) is 0.277. The van der Waals surface area contributed by atoms with E-state index < -0.39 is 23.9 Å². The van der Waals surface area contributed by atoms with Crippen LogP contribution in [0.15, 0.2) is 0 Å². The van der Waals surface area contributed by atoms with E-state index in [1.165, 1.54) is 6.92 Å². The van der Waals surface area contributed by atoms with Gasteiger partial charge >= 0.3 is 5.97 Å². The molecule has 1 aliphatic heterocycles. The van der Waals surface area contributed by atoms with Crippen LogP contribution in [0.4, 0.5) is 0 Å². The summed E-state index contributed by atoms with van der Waals surface area (Å²) < 4.78 is 4.96. The maximum absolute atomic E-state index is 11.9. The molecule has 6 nitrogen and oxygen atoms in total. The molecule has 0 bridgehead atoms. The van der Waals surface area contributed by atoms with Crippen molar-refractivity contribution in [2.45, 2.75) is 51.2 Å². The average Bonchev–Trinajstić information content (AvgIpc) is 2.97. The number of hydrogen-bond acceptors (Lipinski definition) is 4. The first kappa shape index (κ1) is 13.8. The molecule has 0 unspecified atom stereocenters. The first-order chi connectivity index (χ1) is 8.99. The molecule has 6 heteroatoms. The molecule has 106 valence electrons. The van der Waals surface area contributed by atoms with Crippen LogP contribution in [0, 0.1) is 5.92 Å². The van der Waals surface area contributed by atoms with E-state index in [1.54, 1.807) is 4.90 Å². The van der Waals surface area contributed by atoms with Crippen molar-refractivity contribution in [3.63, 3.8) is 0 Å². The van der Waals surface area contributed by atoms with Gasteiger partial charge in [0.2, 0.25) is 5.91 Å². The average molecular weight is 268 g/mol. The summed E-state index contributed by atoms with van der Waals surface area (Å²) in [5, 5.41) is 0. The fraction of sp³-hybridized carbons (Fsp3) is 0.769. The van der Waals surface area contributed by atoms with Crippen molar-refractivity contribution in [3.8, 4) is 0 Å². The van der Waals surface area contributed by atoms with Crippen LogP contribution in [0.5, 0.6) is 0 Å². The van der Waals surface area contributed by atoms with E-state index in [9.17, 15) is 14.4 Å². The van der Waals surface area contributed by atoms with Crippen molar-refractivity contribution in [1.82, 2.24) is 4.90 Å². The zero-order valence-corrected chi connectivity index (χ0v) is 11.1. The van der Waals surface area contributed by atoms with Crippen LogP contribution >= 0.6 is 0 Å². The Hall–Kier alpha value is -1.59. The van der Waals surface area contributed by atoms with Crippen molar-refractivity contribution in [1.29, 1.82) is 0 Å². The van der Waals surface area contributed by atoms with E-state index in [0.717, 1.165) is 25.7 Å². The van der Waals surface area contributed by atoms with E-state index in [0.29, 0.717) is 6.54 Å². The Morgan fingerprint density at radius 3 is 2.58 bits per heavy atom. The van der Waals surface area contributed by atoms with Crippen LogP contribution in [0.2, 0.25) is 0 Å².